The third-order valence-electron chi connectivity index (χ3n) is 3.20. The number of aryl methyl sites for hydroxylation is 1. The highest BCUT2D eigenvalue weighted by molar-refractivity contribution is 5.37. The highest BCUT2D eigenvalue weighted by Crippen LogP contribution is 2.24. The van der Waals surface area contributed by atoms with Crippen LogP contribution in [0, 0.1) is 6.92 Å². The van der Waals surface area contributed by atoms with Gasteiger partial charge in [0, 0.05) is 0 Å². The highest BCUT2D eigenvalue weighted by Gasteiger charge is 2.05. The zero-order valence-corrected chi connectivity index (χ0v) is 12.2. The molecule has 4 nitrogen and oxygen atoms in total. The molecule has 0 aliphatic carbocycles. The smallest absolute Gasteiger partial charge is 0.140 e. The molecule has 0 fully saturated rings. The van der Waals surface area contributed by atoms with E-state index in [4.69, 9.17) is 10.6 Å². The lowest BCUT2D eigenvalue weighted by molar-refractivity contribution is 0.301. The van der Waals surface area contributed by atoms with Crippen molar-refractivity contribution in [3.05, 3.63) is 53.2 Å². The first-order valence-corrected chi connectivity index (χ1v) is 6.76. The molecule has 0 atom stereocenters. The van der Waals surface area contributed by atoms with E-state index in [1.807, 2.05) is 24.3 Å². The van der Waals surface area contributed by atoms with Gasteiger partial charge in [-0.15, -0.1) is 0 Å². The lowest BCUT2D eigenvalue weighted by Gasteiger charge is -2.12. The third-order valence-corrected chi connectivity index (χ3v) is 3.20. The van der Waals surface area contributed by atoms with Gasteiger partial charge in [-0.05, 0) is 48.2 Å². The normalized spacial score (nSPS) is 10.7. The zero-order valence-electron chi connectivity index (χ0n) is 12.2. The number of aromatic nitrogens is 1. The molecule has 1 aromatic carbocycles. The van der Waals surface area contributed by atoms with Crippen LogP contribution in [0.3, 0.4) is 0 Å². The van der Waals surface area contributed by atoms with Crippen molar-refractivity contribution in [2.45, 2.75) is 33.3 Å². The molecule has 0 radical (unpaired) electrons. The number of ether oxygens (including phenoxy) is 1. The molecule has 2 rings (SSSR count). The SMILES string of the molecule is Cc1cc(OCc2cccc(NN)n2)ccc1C(C)C. The number of hydrogen-bond acceptors (Lipinski definition) is 4. The van der Waals surface area contributed by atoms with E-state index in [0.717, 1.165) is 11.4 Å². The summed E-state index contributed by atoms with van der Waals surface area (Å²) in [4.78, 5) is 4.31. The molecule has 1 heterocycles. The molecule has 0 unspecified atom stereocenters. The monoisotopic (exact) mass is 271 g/mol. The molecular formula is C16H21N3O. The zero-order chi connectivity index (χ0) is 14.5. The molecule has 0 aliphatic heterocycles. The minimum Gasteiger partial charge on any atom is -0.487 e. The quantitative estimate of drug-likeness (QED) is 0.646. The molecule has 106 valence electrons. The number of hydrazine groups is 1. The first-order valence-electron chi connectivity index (χ1n) is 6.76. The standard InChI is InChI=1S/C16H21N3O/c1-11(2)15-8-7-14(9-12(15)3)20-10-13-5-4-6-16(18-13)19-17/h4-9,11H,10,17H2,1-3H3,(H,18,19). The van der Waals surface area contributed by atoms with Gasteiger partial charge in [-0.2, -0.15) is 0 Å². The number of hydrogen-bond donors (Lipinski definition) is 2. The fraction of sp³-hybridized carbons (Fsp3) is 0.312. The number of nitrogens with zero attached hydrogens (tertiary/aromatic N) is 1. The maximum Gasteiger partial charge on any atom is 0.140 e. The summed E-state index contributed by atoms with van der Waals surface area (Å²) in [5.41, 5.74) is 5.97. The highest BCUT2D eigenvalue weighted by atomic mass is 16.5. The Kier molecular flexibility index (Phi) is 4.58. The number of nitrogen functional groups attached to an aromatic ring is 1. The van der Waals surface area contributed by atoms with Crippen LogP contribution in [0.5, 0.6) is 5.75 Å². The van der Waals surface area contributed by atoms with E-state index in [2.05, 4.69) is 43.3 Å². The van der Waals surface area contributed by atoms with Crippen molar-refractivity contribution in [3.63, 3.8) is 0 Å². The average molecular weight is 271 g/mol. The van der Waals surface area contributed by atoms with Gasteiger partial charge in [0.15, 0.2) is 0 Å². The number of benzene rings is 1. The molecule has 3 N–H and O–H groups in total. The Hall–Kier alpha value is -2.07. The minimum absolute atomic E-state index is 0.427. The third kappa shape index (κ3) is 3.48. The van der Waals surface area contributed by atoms with E-state index in [9.17, 15) is 0 Å². The summed E-state index contributed by atoms with van der Waals surface area (Å²) in [5.74, 6) is 7.36. The molecule has 0 amide bonds. The van der Waals surface area contributed by atoms with Crippen molar-refractivity contribution in [2.24, 2.45) is 5.84 Å². The number of anilines is 1. The van der Waals surface area contributed by atoms with Gasteiger partial charge >= 0.3 is 0 Å². The Morgan fingerprint density at radius 2 is 2.05 bits per heavy atom. The molecule has 0 bridgehead atoms. The lowest BCUT2D eigenvalue weighted by atomic mass is 9.98. The Morgan fingerprint density at radius 1 is 1.25 bits per heavy atom. The van der Waals surface area contributed by atoms with E-state index >= 15 is 0 Å². The van der Waals surface area contributed by atoms with Crippen LogP contribution in [0.15, 0.2) is 36.4 Å². The van der Waals surface area contributed by atoms with Gasteiger partial charge in [-0.25, -0.2) is 10.8 Å². The molecule has 0 saturated carbocycles. The maximum atomic E-state index is 5.78. The average Bonchev–Trinajstić information content (AvgIpc) is 2.45. The van der Waals surface area contributed by atoms with E-state index in [0.29, 0.717) is 18.3 Å². The van der Waals surface area contributed by atoms with Gasteiger partial charge in [0.2, 0.25) is 0 Å². The van der Waals surface area contributed by atoms with Crippen LogP contribution in [-0.2, 0) is 6.61 Å². The van der Waals surface area contributed by atoms with E-state index in [1.165, 1.54) is 11.1 Å². The predicted molar refractivity (Wildman–Crippen MR) is 81.6 cm³/mol. The second kappa shape index (κ2) is 6.39. The van der Waals surface area contributed by atoms with Gasteiger partial charge in [0.05, 0.1) is 5.69 Å². The molecule has 2 aromatic rings. The Labute approximate surface area is 120 Å². The van der Waals surface area contributed by atoms with Gasteiger partial charge in [-0.3, -0.25) is 0 Å². The van der Waals surface area contributed by atoms with E-state index in [1.54, 1.807) is 0 Å². The van der Waals surface area contributed by atoms with Crippen molar-refractivity contribution in [2.75, 3.05) is 5.43 Å². The van der Waals surface area contributed by atoms with Crippen LogP contribution >= 0.6 is 0 Å². The van der Waals surface area contributed by atoms with Crippen LogP contribution in [0.25, 0.3) is 0 Å². The van der Waals surface area contributed by atoms with Gasteiger partial charge in [-0.1, -0.05) is 26.0 Å². The Balaban J connectivity index is 2.05. The summed E-state index contributed by atoms with van der Waals surface area (Å²) in [5, 5.41) is 0. The largest absolute Gasteiger partial charge is 0.487 e. The van der Waals surface area contributed by atoms with Gasteiger partial charge in [0.25, 0.3) is 0 Å². The van der Waals surface area contributed by atoms with Crippen molar-refractivity contribution in [3.8, 4) is 5.75 Å². The number of nitrogens with two attached hydrogens (primary N) is 1. The predicted octanol–water partition coefficient (Wildman–Crippen LogP) is 3.38. The molecular weight excluding hydrogens is 250 g/mol. The molecule has 20 heavy (non-hydrogen) atoms. The second-order valence-corrected chi connectivity index (χ2v) is 5.12. The van der Waals surface area contributed by atoms with Crippen LogP contribution in [0.1, 0.15) is 36.6 Å². The Bertz CT molecular complexity index is 582. The Morgan fingerprint density at radius 3 is 2.70 bits per heavy atom. The summed E-state index contributed by atoms with van der Waals surface area (Å²) in [6.07, 6.45) is 0. The molecule has 4 heteroatoms. The summed E-state index contributed by atoms with van der Waals surface area (Å²) >= 11 is 0. The van der Waals surface area contributed by atoms with E-state index < -0.39 is 0 Å². The molecule has 0 aliphatic rings. The van der Waals surface area contributed by atoms with Crippen molar-refractivity contribution < 1.29 is 4.74 Å². The van der Waals surface area contributed by atoms with Crippen molar-refractivity contribution in [1.29, 1.82) is 0 Å². The maximum absolute atomic E-state index is 5.78. The minimum atomic E-state index is 0.427. The van der Waals surface area contributed by atoms with Crippen LogP contribution in [0.2, 0.25) is 0 Å². The summed E-state index contributed by atoms with van der Waals surface area (Å²) in [6.45, 7) is 6.92. The lowest BCUT2D eigenvalue weighted by Crippen LogP contribution is -2.09. The number of rotatable bonds is 5. The van der Waals surface area contributed by atoms with Gasteiger partial charge in [0.1, 0.15) is 18.2 Å². The summed E-state index contributed by atoms with van der Waals surface area (Å²) in [6, 6.07) is 11.8. The second-order valence-electron chi connectivity index (χ2n) is 5.12. The topological polar surface area (TPSA) is 60.2 Å². The van der Waals surface area contributed by atoms with Crippen LogP contribution in [-0.4, -0.2) is 4.98 Å². The number of pyridine rings is 1. The first-order chi connectivity index (χ1) is 9.60. The van der Waals surface area contributed by atoms with Crippen molar-refractivity contribution in [1.82, 2.24) is 4.98 Å². The van der Waals surface area contributed by atoms with Crippen molar-refractivity contribution >= 4 is 5.82 Å². The summed E-state index contributed by atoms with van der Waals surface area (Å²) < 4.78 is 5.78. The molecule has 0 saturated heterocycles. The van der Waals surface area contributed by atoms with Crippen LogP contribution < -0.4 is 16.0 Å². The van der Waals surface area contributed by atoms with E-state index in [-0.39, 0.29) is 0 Å². The fourth-order valence-corrected chi connectivity index (χ4v) is 2.18. The van der Waals surface area contributed by atoms with Crippen LogP contribution in [0.4, 0.5) is 5.82 Å². The number of nitrogens with one attached hydrogen (secondary N) is 1. The molecule has 1 aromatic heterocycles. The fourth-order valence-electron chi connectivity index (χ4n) is 2.18. The molecule has 0 spiro atoms. The first kappa shape index (κ1) is 14.3. The summed E-state index contributed by atoms with van der Waals surface area (Å²) in [7, 11) is 0. The van der Waals surface area contributed by atoms with Gasteiger partial charge < -0.3 is 10.2 Å².